The SMILES string of the molecule is Cc1nnc(-c2cccnc2N)s1. The maximum absolute atomic E-state index is 5.69. The van der Waals surface area contributed by atoms with E-state index in [4.69, 9.17) is 5.73 Å². The lowest BCUT2D eigenvalue weighted by Crippen LogP contribution is -1.92. The van der Waals surface area contributed by atoms with Crippen molar-refractivity contribution >= 4 is 17.2 Å². The normalized spacial score (nSPS) is 10.2. The molecule has 13 heavy (non-hydrogen) atoms. The van der Waals surface area contributed by atoms with E-state index in [0.29, 0.717) is 5.82 Å². The van der Waals surface area contributed by atoms with E-state index in [0.717, 1.165) is 15.6 Å². The van der Waals surface area contributed by atoms with Crippen molar-refractivity contribution in [1.82, 2.24) is 15.2 Å². The number of hydrogen-bond acceptors (Lipinski definition) is 5. The Morgan fingerprint density at radius 1 is 1.38 bits per heavy atom. The van der Waals surface area contributed by atoms with Crippen LogP contribution in [0.25, 0.3) is 10.6 Å². The van der Waals surface area contributed by atoms with E-state index in [2.05, 4.69) is 15.2 Å². The van der Waals surface area contributed by atoms with E-state index in [-0.39, 0.29) is 0 Å². The molecule has 2 aromatic rings. The first-order valence-electron chi connectivity index (χ1n) is 3.78. The molecule has 0 atom stereocenters. The Balaban J connectivity index is 2.52. The average molecular weight is 192 g/mol. The molecule has 0 bridgehead atoms. The van der Waals surface area contributed by atoms with Gasteiger partial charge in [-0.05, 0) is 19.1 Å². The molecule has 0 aliphatic rings. The van der Waals surface area contributed by atoms with Crippen LogP contribution in [0.5, 0.6) is 0 Å². The Morgan fingerprint density at radius 3 is 2.85 bits per heavy atom. The standard InChI is InChI=1S/C8H8N4S/c1-5-11-12-8(13-5)6-3-2-4-10-7(6)9/h2-4H,1H3,(H2,9,10). The van der Waals surface area contributed by atoms with Crippen LogP contribution in [0.4, 0.5) is 5.82 Å². The molecule has 0 saturated carbocycles. The second-order valence-electron chi connectivity index (χ2n) is 2.56. The van der Waals surface area contributed by atoms with Crippen LogP contribution in [0.15, 0.2) is 18.3 Å². The van der Waals surface area contributed by atoms with Crippen LogP contribution in [-0.2, 0) is 0 Å². The van der Waals surface area contributed by atoms with E-state index in [1.54, 1.807) is 6.20 Å². The zero-order valence-electron chi connectivity index (χ0n) is 7.06. The largest absolute Gasteiger partial charge is 0.383 e. The van der Waals surface area contributed by atoms with Gasteiger partial charge < -0.3 is 5.73 Å². The Morgan fingerprint density at radius 2 is 2.23 bits per heavy atom. The molecule has 2 heterocycles. The Kier molecular flexibility index (Phi) is 1.94. The molecule has 2 rings (SSSR count). The summed E-state index contributed by atoms with van der Waals surface area (Å²) in [5.74, 6) is 0.499. The van der Waals surface area contributed by atoms with Gasteiger partial charge in [0.05, 0.1) is 5.56 Å². The molecule has 5 heteroatoms. The fourth-order valence-corrected chi connectivity index (χ4v) is 1.73. The lowest BCUT2D eigenvalue weighted by molar-refractivity contribution is 1.05. The molecule has 66 valence electrons. The van der Waals surface area contributed by atoms with Gasteiger partial charge in [-0.25, -0.2) is 4.98 Å². The van der Waals surface area contributed by atoms with Crippen molar-refractivity contribution in [3.05, 3.63) is 23.3 Å². The minimum Gasteiger partial charge on any atom is -0.383 e. The molecule has 0 fully saturated rings. The molecule has 0 aliphatic heterocycles. The van der Waals surface area contributed by atoms with Gasteiger partial charge in [0, 0.05) is 6.20 Å². The van der Waals surface area contributed by atoms with Crippen molar-refractivity contribution in [3.63, 3.8) is 0 Å². The van der Waals surface area contributed by atoms with Gasteiger partial charge in [0.25, 0.3) is 0 Å². The van der Waals surface area contributed by atoms with Crippen molar-refractivity contribution in [1.29, 1.82) is 0 Å². The van der Waals surface area contributed by atoms with E-state index in [9.17, 15) is 0 Å². The monoisotopic (exact) mass is 192 g/mol. The molecule has 0 unspecified atom stereocenters. The summed E-state index contributed by atoms with van der Waals surface area (Å²) in [5, 5.41) is 9.67. The molecule has 0 aliphatic carbocycles. The number of pyridine rings is 1. The second-order valence-corrected chi connectivity index (χ2v) is 3.74. The molecule has 2 aromatic heterocycles. The number of nitrogens with two attached hydrogens (primary N) is 1. The first-order chi connectivity index (χ1) is 6.27. The topological polar surface area (TPSA) is 64.7 Å². The van der Waals surface area contributed by atoms with Gasteiger partial charge in [-0.2, -0.15) is 0 Å². The summed E-state index contributed by atoms with van der Waals surface area (Å²) in [6.45, 7) is 1.91. The van der Waals surface area contributed by atoms with Gasteiger partial charge in [-0.15, -0.1) is 10.2 Å². The highest BCUT2D eigenvalue weighted by Crippen LogP contribution is 2.26. The molecule has 0 radical (unpaired) electrons. The van der Waals surface area contributed by atoms with Crippen molar-refractivity contribution < 1.29 is 0 Å². The minimum absolute atomic E-state index is 0.499. The lowest BCUT2D eigenvalue weighted by atomic mass is 10.3. The molecule has 0 amide bonds. The minimum atomic E-state index is 0.499. The van der Waals surface area contributed by atoms with E-state index in [1.165, 1.54) is 11.3 Å². The molecule has 2 N–H and O–H groups in total. The molecular weight excluding hydrogens is 184 g/mol. The highest BCUT2D eigenvalue weighted by atomic mass is 32.1. The van der Waals surface area contributed by atoms with E-state index >= 15 is 0 Å². The van der Waals surface area contributed by atoms with Gasteiger partial charge in [-0.1, -0.05) is 11.3 Å². The summed E-state index contributed by atoms with van der Waals surface area (Å²) in [4.78, 5) is 3.98. The summed E-state index contributed by atoms with van der Waals surface area (Å²) < 4.78 is 0. The third-order valence-electron chi connectivity index (χ3n) is 1.59. The Hall–Kier alpha value is -1.49. The van der Waals surface area contributed by atoms with Crippen LogP contribution in [0.2, 0.25) is 0 Å². The van der Waals surface area contributed by atoms with Gasteiger partial charge in [0.15, 0.2) is 5.01 Å². The third kappa shape index (κ3) is 1.50. The zero-order valence-corrected chi connectivity index (χ0v) is 7.88. The van der Waals surface area contributed by atoms with E-state index < -0.39 is 0 Å². The van der Waals surface area contributed by atoms with Gasteiger partial charge in [0.2, 0.25) is 0 Å². The molecule has 0 spiro atoms. The molecular formula is C8H8N4S. The number of aromatic nitrogens is 3. The molecule has 0 aromatic carbocycles. The highest BCUT2D eigenvalue weighted by molar-refractivity contribution is 7.14. The van der Waals surface area contributed by atoms with Crippen molar-refractivity contribution in [2.75, 3.05) is 5.73 Å². The molecule has 4 nitrogen and oxygen atoms in total. The van der Waals surface area contributed by atoms with Crippen molar-refractivity contribution in [2.24, 2.45) is 0 Å². The first kappa shape index (κ1) is 8.12. The third-order valence-corrected chi connectivity index (χ3v) is 2.47. The summed E-state index contributed by atoms with van der Waals surface area (Å²) in [6, 6.07) is 3.73. The zero-order chi connectivity index (χ0) is 9.26. The number of aryl methyl sites for hydroxylation is 1. The first-order valence-corrected chi connectivity index (χ1v) is 4.60. The predicted octanol–water partition coefficient (Wildman–Crippen LogP) is 1.49. The smallest absolute Gasteiger partial charge is 0.151 e. The van der Waals surface area contributed by atoms with Crippen LogP contribution in [-0.4, -0.2) is 15.2 Å². The number of nitrogen functional groups attached to an aromatic ring is 1. The Bertz CT molecular complexity index is 424. The second kappa shape index (κ2) is 3.10. The van der Waals surface area contributed by atoms with Crippen LogP contribution in [0, 0.1) is 6.92 Å². The average Bonchev–Trinajstić information content (AvgIpc) is 2.53. The lowest BCUT2D eigenvalue weighted by Gasteiger charge is -1.97. The van der Waals surface area contributed by atoms with Crippen LogP contribution in [0.3, 0.4) is 0 Å². The van der Waals surface area contributed by atoms with Gasteiger partial charge >= 0.3 is 0 Å². The summed E-state index contributed by atoms with van der Waals surface area (Å²) >= 11 is 1.51. The van der Waals surface area contributed by atoms with Crippen LogP contribution in [0.1, 0.15) is 5.01 Å². The van der Waals surface area contributed by atoms with Crippen LogP contribution < -0.4 is 5.73 Å². The summed E-state index contributed by atoms with van der Waals surface area (Å²) in [5.41, 5.74) is 6.54. The summed E-state index contributed by atoms with van der Waals surface area (Å²) in [6.07, 6.45) is 1.66. The van der Waals surface area contributed by atoms with E-state index in [1.807, 2.05) is 19.1 Å². The molecule has 0 saturated heterocycles. The fourth-order valence-electron chi connectivity index (χ4n) is 1.00. The van der Waals surface area contributed by atoms with Gasteiger partial charge in [-0.3, -0.25) is 0 Å². The maximum atomic E-state index is 5.69. The summed E-state index contributed by atoms with van der Waals surface area (Å²) in [7, 11) is 0. The highest BCUT2D eigenvalue weighted by Gasteiger charge is 2.07. The quantitative estimate of drug-likeness (QED) is 0.743. The number of rotatable bonds is 1. The van der Waals surface area contributed by atoms with Crippen molar-refractivity contribution in [3.8, 4) is 10.6 Å². The number of hydrogen-bond donors (Lipinski definition) is 1. The van der Waals surface area contributed by atoms with Gasteiger partial charge in [0.1, 0.15) is 10.8 Å². The predicted molar refractivity (Wildman–Crippen MR) is 52.3 cm³/mol. The van der Waals surface area contributed by atoms with Crippen molar-refractivity contribution in [2.45, 2.75) is 6.92 Å². The maximum Gasteiger partial charge on any atom is 0.151 e. The number of anilines is 1. The fraction of sp³-hybridized carbons (Fsp3) is 0.125. The number of nitrogens with zero attached hydrogens (tertiary/aromatic N) is 3. The Labute approximate surface area is 79.5 Å². The van der Waals surface area contributed by atoms with Crippen LogP contribution >= 0.6 is 11.3 Å².